The first-order valence-corrected chi connectivity index (χ1v) is 8.15. The van der Waals surface area contributed by atoms with Gasteiger partial charge in [-0.2, -0.15) is 0 Å². The smallest absolute Gasteiger partial charge is 0.257 e. The number of likely N-dealkylation sites (tertiary alicyclic amines) is 1. The van der Waals surface area contributed by atoms with Gasteiger partial charge in [-0.25, -0.2) is 0 Å². The second-order valence-corrected chi connectivity index (χ2v) is 7.25. The standard InChI is InChI=1S/C13H13Cl2N3O3S/c1-6-16-17-12(21-6)9-3-7(20-2)5-18(9)13(19)8-4-10(14)22-11(8)15/h4,7,9H,3,5H2,1-2H3/t7-,9+/m0/s1. The van der Waals surface area contributed by atoms with Crippen LogP contribution in [0.15, 0.2) is 10.5 Å². The van der Waals surface area contributed by atoms with Gasteiger partial charge in [-0.3, -0.25) is 4.79 Å². The number of rotatable bonds is 3. The Hall–Kier alpha value is -1.15. The van der Waals surface area contributed by atoms with Crippen LogP contribution in [-0.2, 0) is 4.74 Å². The fourth-order valence-corrected chi connectivity index (χ4v) is 3.96. The van der Waals surface area contributed by atoms with Crippen LogP contribution in [0.3, 0.4) is 0 Å². The zero-order valence-electron chi connectivity index (χ0n) is 11.9. The molecule has 1 saturated heterocycles. The molecule has 0 aliphatic carbocycles. The van der Waals surface area contributed by atoms with Gasteiger partial charge in [0.05, 0.1) is 16.0 Å². The fraction of sp³-hybridized carbons (Fsp3) is 0.462. The summed E-state index contributed by atoms with van der Waals surface area (Å²) < 4.78 is 11.7. The van der Waals surface area contributed by atoms with Gasteiger partial charge < -0.3 is 14.1 Å². The van der Waals surface area contributed by atoms with Crippen molar-refractivity contribution in [2.45, 2.75) is 25.5 Å². The predicted octanol–water partition coefficient (Wildman–Crippen LogP) is 3.35. The number of halogens is 2. The number of amides is 1. The molecule has 0 saturated carbocycles. The zero-order chi connectivity index (χ0) is 15.9. The third kappa shape index (κ3) is 2.86. The Balaban J connectivity index is 1.92. The van der Waals surface area contributed by atoms with Gasteiger partial charge in [-0.1, -0.05) is 23.2 Å². The molecule has 6 nitrogen and oxygen atoms in total. The summed E-state index contributed by atoms with van der Waals surface area (Å²) in [6.07, 6.45) is 0.508. The maximum absolute atomic E-state index is 12.8. The first kappa shape index (κ1) is 15.7. The van der Waals surface area contributed by atoms with Crippen molar-refractivity contribution in [2.24, 2.45) is 0 Å². The van der Waals surface area contributed by atoms with Crippen molar-refractivity contribution in [1.82, 2.24) is 15.1 Å². The Morgan fingerprint density at radius 2 is 2.27 bits per heavy atom. The molecule has 2 aromatic heterocycles. The van der Waals surface area contributed by atoms with Gasteiger partial charge in [0.25, 0.3) is 5.91 Å². The number of carbonyl (C=O) groups excluding carboxylic acids is 1. The van der Waals surface area contributed by atoms with E-state index in [0.29, 0.717) is 39.0 Å². The van der Waals surface area contributed by atoms with Gasteiger partial charge in [0.15, 0.2) is 0 Å². The first-order chi connectivity index (χ1) is 10.5. The molecule has 0 N–H and O–H groups in total. The average molecular weight is 362 g/mol. The van der Waals surface area contributed by atoms with Crippen molar-refractivity contribution in [3.63, 3.8) is 0 Å². The van der Waals surface area contributed by atoms with Crippen LogP contribution in [0.2, 0.25) is 8.67 Å². The number of thiophene rings is 1. The molecule has 1 fully saturated rings. The molecule has 22 heavy (non-hydrogen) atoms. The van der Waals surface area contributed by atoms with Crippen LogP contribution in [0.1, 0.15) is 34.6 Å². The van der Waals surface area contributed by atoms with E-state index in [4.69, 9.17) is 32.4 Å². The van der Waals surface area contributed by atoms with Crippen molar-refractivity contribution in [3.05, 3.63) is 32.1 Å². The molecule has 9 heteroatoms. The van der Waals surface area contributed by atoms with E-state index in [9.17, 15) is 4.79 Å². The molecule has 0 aromatic carbocycles. The Morgan fingerprint density at radius 1 is 1.50 bits per heavy atom. The molecule has 2 atom stereocenters. The SMILES string of the molecule is CO[C@H]1C[C@H](c2nnc(C)o2)N(C(=O)c2cc(Cl)sc2Cl)C1. The van der Waals surface area contributed by atoms with E-state index in [1.54, 1.807) is 25.0 Å². The highest BCUT2D eigenvalue weighted by Crippen LogP contribution is 2.37. The summed E-state index contributed by atoms with van der Waals surface area (Å²) in [4.78, 5) is 14.4. The molecule has 0 spiro atoms. The van der Waals surface area contributed by atoms with E-state index in [1.165, 1.54) is 0 Å². The third-order valence-electron chi connectivity index (χ3n) is 3.57. The quantitative estimate of drug-likeness (QED) is 0.838. The van der Waals surface area contributed by atoms with E-state index < -0.39 is 0 Å². The van der Waals surface area contributed by atoms with E-state index in [1.807, 2.05) is 0 Å². The van der Waals surface area contributed by atoms with Crippen LogP contribution >= 0.6 is 34.5 Å². The van der Waals surface area contributed by atoms with Crippen LogP contribution < -0.4 is 0 Å². The minimum atomic E-state index is -0.326. The molecule has 1 aliphatic rings. The Kier molecular flexibility index (Phi) is 4.40. The number of carbonyl (C=O) groups is 1. The Morgan fingerprint density at radius 3 is 2.82 bits per heavy atom. The Labute approximate surface area is 141 Å². The van der Waals surface area contributed by atoms with E-state index in [-0.39, 0.29) is 18.1 Å². The van der Waals surface area contributed by atoms with Crippen molar-refractivity contribution in [1.29, 1.82) is 0 Å². The van der Waals surface area contributed by atoms with E-state index in [2.05, 4.69) is 10.2 Å². The number of hydrogen-bond donors (Lipinski definition) is 0. The first-order valence-electron chi connectivity index (χ1n) is 6.58. The number of nitrogens with zero attached hydrogens (tertiary/aromatic N) is 3. The summed E-state index contributed by atoms with van der Waals surface area (Å²) in [6, 6.07) is 1.25. The third-order valence-corrected chi connectivity index (χ3v) is 5.06. The molecule has 1 aliphatic heterocycles. The maximum atomic E-state index is 12.8. The molecule has 0 unspecified atom stereocenters. The van der Waals surface area contributed by atoms with Gasteiger partial charge in [-0.15, -0.1) is 21.5 Å². The van der Waals surface area contributed by atoms with Gasteiger partial charge in [0, 0.05) is 27.0 Å². The summed E-state index contributed by atoms with van der Waals surface area (Å²) in [5.41, 5.74) is 0.384. The predicted molar refractivity (Wildman–Crippen MR) is 82.6 cm³/mol. The molecular formula is C13H13Cl2N3O3S. The normalized spacial score (nSPS) is 21.5. The second-order valence-electron chi connectivity index (χ2n) is 4.96. The molecule has 2 aromatic rings. The number of ether oxygens (including phenoxy) is 1. The van der Waals surface area contributed by atoms with Gasteiger partial charge >= 0.3 is 0 Å². The highest BCUT2D eigenvalue weighted by atomic mass is 35.5. The molecule has 3 rings (SSSR count). The van der Waals surface area contributed by atoms with E-state index >= 15 is 0 Å². The number of methoxy groups -OCH3 is 1. The molecule has 3 heterocycles. The van der Waals surface area contributed by atoms with Crippen LogP contribution in [0.25, 0.3) is 0 Å². The highest BCUT2D eigenvalue weighted by molar-refractivity contribution is 7.20. The molecular weight excluding hydrogens is 349 g/mol. The number of hydrogen-bond acceptors (Lipinski definition) is 6. The summed E-state index contributed by atoms with van der Waals surface area (Å²) in [7, 11) is 1.61. The van der Waals surface area contributed by atoms with Crippen LogP contribution in [-0.4, -0.2) is 40.8 Å². The summed E-state index contributed by atoms with van der Waals surface area (Å²) >= 11 is 13.2. The van der Waals surface area contributed by atoms with Crippen LogP contribution in [0.5, 0.6) is 0 Å². The second kappa shape index (κ2) is 6.16. The molecule has 0 bridgehead atoms. The zero-order valence-corrected chi connectivity index (χ0v) is 14.2. The Bertz CT molecular complexity index is 703. The lowest BCUT2D eigenvalue weighted by atomic mass is 10.2. The maximum Gasteiger partial charge on any atom is 0.257 e. The minimum absolute atomic E-state index is 0.0889. The topological polar surface area (TPSA) is 68.5 Å². The molecule has 1 amide bonds. The molecule has 118 valence electrons. The van der Waals surface area contributed by atoms with Crippen LogP contribution in [0, 0.1) is 6.92 Å². The number of aryl methyl sites for hydroxylation is 1. The lowest BCUT2D eigenvalue weighted by Crippen LogP contribution is -2.32. The lowest BCUT2D eigenvalue weighted by molar-refractivity contribution is 0.0674. The van der Waals surface area contributed by atoms with E-state index in [0.717, 1.165) is 11.3 Å². The summed E-state index contributed by atoms with van der Waals surface area (Å²) in [5, 5.41) is 7.86. The van der Waals surface area contributed by atoms with Crippen molar-refractivity contribution in [3.8, 4) is 0 Å². The number of aromatic nitrogens is 2. The molecule has 0 radical (unpaired) electrons. The van der Waals surface area contributed by atoms with Gasteiger partial charge in [-0.05, 0) is 6.07 Å². The van der Waals surface area contributed by atoms with Crippen molar-refractivity contribution >= 4 is 40.4 Å². The van der Waals surface area contributed by atoms with Gasteiger partial charge in [0.1, 0.15) is 10.4 Å². The van der Waals surface area contributed by atoms with Crippen LogP contribution in [0.4, 0.5) is 0 Å². The highest BCUT2D eigenvalue weighted by Gasteiger charge is 2.40. The van der Waals surface area contributed by atoms with Crippen molar-refractivity contribution in [2.75, 3.05) is 13.7 Å². The lowest BCUT2D eigenvalue weighted by Gasteiger charge is -2.21. The minimum Gasteiger partial charge on any atom is -0.423 e. The monoisotopic (exact) mass is 361 g/mol. The summed E-state index contributed by atoms with van der Waals surface area (Å²) in [6.45, 7) is 2.14. The largest absolute Gasteiger partial charge is 0.423 e. The fourth-order valence-electron chi connectivity index (χ4n) is 2.51. The van der Waals surface area contributed by atoms with Crippen molar-refractivity contribution < 1.29 is 13.9 Å². The average Bonchev–Trinajstić information content (AvgIpc) is 3.16. The summed E-state index contributed by atoms with van der Waals surface area (Å²) in [5.74, 6) is 0.649. The van der Waals surface area contributed by atoms with Gasteiger partial charge in [0.2, 0.25) is 11.8 Å².